The number of benzene rings is 1. The number of hydrogen-bond donors (Lipinski definition) is 2. The maximum Gasteiger partial charge on any atom is 0.225 e. The monoisotopic (exact) mass is 405 g/mol. The third kappa shape index (κ3) is 4.92. The number of nitrogens with one attached hydrogen (secondary N) is 2. The van der Waals surface area contributed by atoms with Crippen LogP contribution in [0.3, 0.4) is 0 Å². The number of hydrogen-bond acceptors (Lipinski definition) is 5. The molecule has 6 nitrogen and oxygen atoms in total. The molecule has 1 aliphatic rings. The van der Waals surface area contributed by atoms with Crippen LogP contribution in [0, 0.1) is 5.82 Å². The van der Waals surface area contributed by atoms with Gasteiger partial charge in [0.05, 0.1) is 16.5 Å². The van der Waals surface area contributed by atoms with Gasteiger partial charge in [0.25, 0.3) is 0 Å². The van der Waals surface area contributed by atoms with E-state index in [-0.39, 0.29) is 5.82 Å². The highest BCUT2D eigenvalue weighted by molar-refractivity contribution is 7.83. The number of aromatic nitrogens is 2. The number of anilines is 1. The fraction of sp³-hybridized carbons (Fsp3) is 0.500. The smallest absolute Gasteiger partial charge is 0.225 e. The average Bonchev–Trinajstić information content (AvgIpc) is 2.73. The van der Waals surface area contributed by atoms with Crippen molar-refractivity contribution < 1.29 is 8.60 Å². The highest BCUT2D eigenvalue weighted by Gasteiger charge is 2.32. The van der Waals surface area contributed by atoms with Gasteiger partial charge in [-0.05, 0) is 31.0 Å². The Kier molecular flexibility index (Phi) is 7.09. The van der Waals surface area contributed by atoms with Crippen LogP contribution in [0.1, 0.15) is 37.8 Å². The molecule has 1 aromatic carbocycles. The van der Waals surface area contributed by atoms with E-state index in [1.165, 1.54) is 12.1 Å². The molecule has 2 atom stereocenters. The summed E-state index contributed by atoms with van der Waals surface area (Å²) in [6.07, 6.45) is 5.40. The third-order valence-electron chi connectivity index (χ3n) is 5.04. The van der Waals surface area contributed by atoms with E-state index in [1.807, 2.05) is 6.92 Å². The summed E-state index contributed by atoms with van der Waals surface area (Å²) < 4.78 is 29.3. The summed E-state index contributed by atoms with van der Waals surface area (Å²) in [5, 5.41) is 3.31. The minimum Gasteiger partial charge on any atom is -0.338 e. The second-order valence-electron chi connectivity index (χ2n) is 7.15. The zero-order valence-corrected chi connectivity index (χ0v) is 17.3. The highest BCUT2D eigenvalue weighted by atomic mass is 32.2. The van der Waals surface area contributed by atoms with E-state index in [1.54, 1.807) is 24.5 Å². The maximum atomic E-state index is 13.4. The molecule has 1 fully saturated rings. The Morgan fingerprint density at radius 3 is 2.43 bits per heavy atom. The van der Waals surface area contributed by atoms with Gasteiger partial charge in [0.15, 0.2) is 0 Å². The molecule has 1 unspecified atom stereocenters. The molecule has 0 radical (unpaired) electrons. The molecule has 1 aromatic heterocycles. The number of nitrogens with zero attached hydrogens (tertiary/aromatic N) is 3. The van der Waals surface area contributed by atoms with E-state index >= 15 is 0 Å². The second-order valence-corrected chi connectivity index (χ2v) is 8.45. The van der Waals surface area contributed by atoms with E-state index in [9.17, 15) is 8.60 Å². The highest BCUT2D eigenvalue weighted by Crippen LogP contribution is 2.30. The van der Waals surface area contributed by atoms with Gasteiger partial charge in [0, 0.05) is 49.9 Å². The molecule has 0 aliphatic carbocycles. The zero-order valence-electron chi connectivity index (χ0n) is 16.4. The first kappa shape index (κ1) is 20.8. The summed E-state index contributed by atoms with van der Waals surface area (Å²) >= 11 is 0. The summed E-state index contributed by atoms with van der Waals surface area (Å²) in [5.74, 6) is 0.954. The van der Waals surface area contributed by atoms with Crippen LogP contribution < -0.4 is 14.9 Å². The first-order valence-corrected chi connectivity index (χ1v) is 11.0. The van der Waals surface area contributed by atoms with Crippen molar-refractivity contribution in [1.82, 2.24) is 20.0 Å². The van der Waals surface area contributed by atoms with Gasteiger partial charge in [-0.1, -0.05) is 25.5 Å². The van der Waals surface area contributed by atoms with E-state index in [0.29, 0.717) is 11.7 Å². The van der Waals surface area contributed by atoms with Crippen molar-refractivity contribution in [2.45, 2.75) is 32.2 Å². The SMILES string of the molecule is CCCC[S@](=O)NC(C)(c1ccc(F)cc1)c1cnc(N2CCNCC2)nc1. The van der Waals surface area contributed by atoms with E-state index < -0.39 is 16.5 Å². The molecular formula is C20H28FN5OS. The topological polar surface area (TPSA) is 70.2 Å². The Morgan fingerprint density at radius 2 is 1.82 bits per heavy atom. The molecule has 0 spiro atoms. The summed E-state index contributed by atoms with van der Waals surface area (Å²) in [5.41, 5.74) is 0.828. The molecular weight excluding hydrogens is 377 g/mol. The van der Waals surface area contributed by atoms with Gasteiger partial charge < -0.3 is 10.2 Å². The van der Waals surface area contributed by atoms with Gasteiger partial charge in [-0.3, -0.25) is 0 Å². The molecule has 8 heteroatoms. The molecule has 2 heterocycles. The Hall–Kier alpha value is -1.90. The normalized spacial score (nSPS) is 17.9. The average molecular weight is 406 g/mol. The Balaban J connectivity index is 1.89. The van der Waals surface area contributed by atoms with Crippen molar-refractivity contribution in [3.8, 4) is 0 Å². The summed E-state index contributed by atoms with van der Waals surface area (Å²) in [6.45, 7) is 7.57. The summed E-state index contributed by atoms with van der Waals surface area (Å²) in [6, 6.07) is 6.26. The van der Waals surface area contributed by atoms with Crippen molar-refractivity contribution >= 4 is 16.9 Å². The lowest BCUT2D eigenvalue weighted by Gasteiger charge is -2.32. The van der Waals surface area contributed by atoms with Crippen LogP contribution in [-0.2, 0) is 16.5 Å². The van der Waals surface area contributed by atoms with E-state index in [2.05, 4.69) is 31.8 Å². The largest absolute Gasteiger partial charge is 0.338 e. The molecule has 0 amide bonds. The summed E-state index contributed by atoms with van der Waals surface area (Å²) in [4.78, 5) is 11.3. The fourth-order valence-electron chi connectivity index (χ4n) is 3.23. The van der Waals surface area contributed by atoms with Crippen LogP contribution in [0.2, 0.25) is 0 Å². The zero-order chi connectivity index (χ0) is 20.0. The van der Waals surface area contributed by atoms with Gasteiger partial charge in [0.1, 0.15) is 5.82 Å². The fourth-order valence-corrected chi connectivity index (χ4v) is 4.57. The van der Waals surface area contributed by atoms with Gasteiger partial charge >= 0.3 is 0 Å². The van der Waals surface area contributed by atoms with Crippen LogP contribution >= 0.6 is 0 Å². The van der Waals surface area contributed by atoms with E-state index in [4.69, 9.17) is 0 Å². The van der Waals surface area contributed by atoms with E-state index in [0.717, 1.165) is 50.1 Å². The molecule has 28 heavy (non-hydrogen) atoms. The van der Waals surface area contributed by atoms with Crippen LogP contribution in [0.4, 0.5) is 10.3 Å². The standard InChI is InChI=1S/C20H28FN5OS/c1-3-4-13-28(27)25-20(2,16-5-7-18(21)8-6-16)17-14-23-19(24-15-17)26-11-9-22-10-12-26/h5-8,14-15,22,25H,3-4,9-13H2,1-2H3/t20?,28-/m0/s1. The van der Waals surface area contributed by atoms with Crippen LogP contribution in [0.25, 0.3) is 0 Å². The Bertz CT molecular complexity index is 780. The number of piperazine rings is 1. The lowest BCUT2D eigenvalue weighted by Crippen LogP contribution is -2.45. The molecule has 2 aromatic rings. The van der Waals surface area contributed by atoms with Gasteiger partial charge in [-0.2, -0.15) is 0 Å². The van der Waals surface area contributed by atoms with Crippen LogP contribution in [-0.4, -0.2) is 46.1 Å². The molecule has 0 bridgehead atoms. The predicted octanol–water partition coefficient (Wildman–Crippen LogP) is 2.34. The number of halogens is 1. The van der Waals surface area contributed by atoms with Crippen molar-refractivity contribution in [1.29, 1.82) is 0 Å². The van der Waals surface area contributed by atoms with Crippen molar-refractivity contribution in [3.63, 3.8) is 0 Å². The molecule has 1 aliphatic heterocycles. The number of rotatable bonds is 8. The summed E-state index contributed by atoms with van der Waals surface area (Å²) in [7, 11) is -1.22. The van der Waals surface area contributed by atoms with Crippen molar-refractivity contribution in [2.24, 2.45) is 0 Å². The lowest BCUT2D eigenvalue weighted by atomic mass is 9.87. The molecule has 1 saturated heterocycles. The van der Waals surface area contributed by atoms with Crippen molar-refractivity contribution in [2.75, 3.05) is 36.8 Å². The first-order chi connectivity index (χ1) is 13.5. The van der Waals surface area contributed by atoms with Gasteiger partial charge in [-0.15, -0.1) is 0 Å². The lowest BCUT2D eigenvalue weighted by molar-refractivity contribution is 0.527. The Labute approximate surface area is 168 Å². The van der Waals surface area contributed by atoms with Gasteiger partial charge in [0.2, 0.25) is 5.95 Å². The minimum atomic E-state index is -1.22. The predicted molar refractivity (Wildman–Crippen MR) is 111 cm³/mol. The number of unbranched alkanes of at least 4 members (excludes halogenated alkanes) is 1. The van der Waals surface area contributed by atoms with Crippen molar-refractivity contribution in [3.05, 3.63) is 53.6 Å². The maximum absolute atomic E-state index is 13.4. The molecule has 0 saturated carbocycles. The molecule has 2 N–H and O–H groups in total. The quantitative estimate of drug-likeness (QED) is 0.706. The Morgan fingerprint density at radius 1 is 1.18 bits per heavy atom. The molecule has 152 valence electrons. The molecule has 3 rings (SSSR count). The second kappa shape index (κ2) is 9.54. The third-order valence-corrected chi connectivity index (χ3v) is 6.33. The van der Waals surface area contributed by atoms with Crippen LogP contribution in [0.5, 0.6) is 0 Å². The first-order valence-electron chi connectivity index (χ1n) is 9.73. The van der Waals surface area contributed by atoms with Gasteiger partial charge in [-0.25, -0.2) is 23.3 Å². The minimum absolute atomic E-state index is 0.302. The van der Waals surface area contributed by atoms with Crippen LogP contribution in [0.15, 0.2) is 36.7 Å².